The zero-order chi connectivity index (χ0) is 20.8. The van der Waals surface area contributed by atoms with E-state index in [0.29, 0.717) is 28.4 Å². The van der Waals surface area contributed by atoms with Gasteiger partial charge in [0.2, 0.25) is 4.80 Å². The first-order chi connectivity index (χ1) is 14.0. The summed E-state index contributed by atoms with van der Waals surface area (Å²) in [4.78, 5) is 16.7. The van der Waals surface area contributed by atoms with Crippen molar-refractivity contribution >= 4 is 23.5 Å². The fraction of sp³-hybridized carbons (Fsp3) is 0.0952. The van der Waals surface area contributed by atoms with Crippen molar-refractivity contribution in [3.63, 3.8) is 0 Å². The minimum atomic E-state index is -0.708. The van der Waals surface area contributed by atoms with Gasteiger partial charge >= 0.3 is 0 Å². The number of rotatable bonds is 7. The summed E-state index contributed by atoms with van der Waals surface area (Å²) in [5, 5.41) is 16.3. The summed E-state index contributed by atoms with van der Waals surface area (Å²) >= 11 is 1.40. The van der Waals surface area contributed by atoms with Gasteiger partial charge in [0.1, 0.15) is 11.5 Å². The number of thiazole rings is 1. The molecule has 0 saturated carbocycles. The number of para-hydroxylation sites is 1. The third-order valence-electron chi connectivity index (χ3n) is 4.05. The molecular weight excluding hydrogens is 388 g/mol. The monoisotopic (exact) mass is 408 g/mol. The summed E-state index contributed by atoms with van der Waals surface area (Å²) in [7, 11) is 1.60. The first kappa shape index (κ1) is 20.1. The predicted molar refractivity (Wildman–Crippen MR) is 115 cm³/mol. The maximum atomic E-state index is 11.6. The Labute approximate surface area is 171 Å². The fourth-order valence-electron chi connectivity index (χ4n) is 2.65. The van der Waals surface area contributed by atoms with Gasteiger partial charge in [0.15, 0.2) is 0 Å². The molecule has 0 radical (unpaired) electrons. The molecule has 8 heteroatoms. The Kier molecular flexibility index (Phi) is 6.25. The molecule has 29 heavy (non-hydrogen) atoms. The number of aromatic hydroxyl groups is 1. The maximum absolute atomic E-state index is 11.6. The molecule has 2 aromatic carbocycles. The molecule has 1 amide bonds. The summed E-state index contributed by atoms with van der Waals surface area (Å²) in [6, 6.07) is 12.2. The van der Waals surface area contributed by atoms with Gasteiger partial charge in [-0.15, -0.1) is 17.9 Å². The van der Waals surface area contributed by atoms with Crippen molar-refractivity contribution in [2.45, 2.75) is 0 Å². The minimum Gasteiger partial charge on any atom is -0.507 e. The summed E-state index contributed by atoms with van der Waals surface area (Å²) < 4.78 is 7.03. The van der Waals surface area contributed by atoms with Crippen molar-refractivity contribution in [2.75, 3.05) is 13.7 Å². The van der Waals surface area contributed by atoms with Gasteiger partial charge in [-0.25, -0.2) is 4.68 Å². The molecule has 148 valence electrons. The van der Waals surface area contributed by atoms with Crippen molar-refractivity contribution in [1.82, 2.24) is 4.68 Å². The van der Waals surface area contributed by atoms with E-state index in [0.717, 1.165) is 5.56 Å². The van der Waals surface area contributed by atoms with E-state index < -0.39 is 5.91 Å². The second kappa shape index (κ2) is 9.03. The third-order valence-corrected chi connectivity index (χ3v) is 4.90. The van der Waals surface area contributed by atoms with E-state index in [9.17, 15) is 9.90 Å². The number of methoxy groups -OCH3 is 1. The highest BCUT2D eigenvalue weighted by Gasteiger charge is 2.13. The molecule has 0 saturated heterocycles. The second-order valence-electron chi connectivity index (χ2n) is 5.93. The lowest BCUT2D eigenvalue weighted by Crippen LogP contribution is -2.13. The van der Waals surface area contributed by atoms with E-state index in [4.69, 9.17) is 10.5 Å². The molecule has 1 aromatic heterocycles. The van der Waals surface area contributed by atoms with Crippen molar-refractivity contribution < 1.29 is 14.6 Å². The van der Waals surface area contributed by atoms with Gasteiger partial charge in [0.05, 0.1) is 31.1 Å². The van der Waals surface area contributed by atoms with Crippen LogP contribution in [0.2, 0.25) is 0 Å². The molecule has 0 spiro atoms. The molecule has 3 aromatic rings. The van der Waals surface area contributed by atoms with Crippen molar-refractivity contribution in [3.05, 3.63) is 76.4 Å². The van der Waals surface area contributed by atoms with Crippen LogP contribution >= 0.6 is 11.3 Å². The first-order valence-corrected chi connectivity index (χ1v) is 9.55. The van der Waals surface area contributed by atoms with Crippen LogP contribution in [0.1, 0.15) is 15.9 Å². The van der Waals surface area contributed by atoms with Crippen molar-refractivity contribution in [3.8, 4) is 22.8 Å². The average Bonchev–Trinajstić information content (AvgIpc) is 3.13. The van der Waals surface area contributed by atoms with E-state index in [1.165, 1.54) is 23.5 Å². The standard InChI is InChI=1S/C21H20N4O3S/c1-3-10-23-21-25(24-12-15-6-4-5-7-19(15)28-2)17(13-29-21)14-8-9-18(26)16(11-14)20(22)27/h3-9,11-13,26H,1,10H2,2H3,(H2,22,27)/b23-21?,24-12-. The number of benzene rings is 2. The van der Waals surface area contributed by atoms with Crippen LogP contribution in [0.15, 0.2) is 70.6 Å². The molecule has 0 atom stereocenters. The number of nitrogens with zero attached hydrogens (tertiary/aromatic N) is 3. The number of amides is 1. The Morgan fingerprint density at radius 3 is 2.86 bits per heavy atom. The van der Waals surface area contributed by atoms with Gasteiger partial charge in [-0.05, 0) is 30.3 Å². The summed E-state index contributed by atoms with van der Waals surface area (Å²) in [5.74, 6) is -0.184. The quantitative estimate of drug-likeness (QED) is 0.464. The molecule has 0 aliphatic rings. The number of hydrogen-bond donors (Lipinski definition) is 2. The Morgan fingerprint density at radius 2 is 2.14 bits per heavy atom. The lowest BCUT2D eigenvalue weighted by Gasteiger charge is -2.07. The van der Waals surface area contributed by atoms with Crippen molar-refractivity contribution in [2.24, 2.45) is 15.8 Å². The van der Waals surface area contributed by atoms with E-state index in [2.05, 4.69) is 16.7 Å². The topological polar surface area (TPSA) is 102 Å². The van der Waals surface area contributed by atoms with Gasteiger partial charge in [-0.2, -0.15) is 5.10 Å². The molecule has 0 bridgehead atoms. The molecule has 0 aliphatic heterocycles. The SMILES string of the molecule is C=CCN=c1scc(-c2ccc(O)c(C(N)=O)c2)n1/N=C\c1ccccc1OC. The average molecular weight is 408 g/mol. The number of hydrogen-bond acceptors (Lipinski definition) is 6. The van der Waals surface area contributed by atoms with Gasteiger partial charge < -0.3 is 15.6 Å². The highest BCUT2D eigenvalue weighted by molar-refractivity contribution is 7.07. The van der Waals surface area contributed by atoms with Crippen LogP contribution in [-0.4, -0.2) is 35.6 Å². The largest absolute Gasteiger partial charge is 0.507 e. The lowest BCUT2D eigenvalue weighted by atomic mass is 10.1. The number of primary amides is 1. The second-order valence-corrected chi connectivity index (χ2v) is 6.76. The number of carbonyl (C=O) groups excluding carboxylic acids is 1. The van der Waals surface area contributed by atoms with Crippen LogP contribution in [-0.2, 0) is 0 Å². The first-order valence-electron chi connectivity index (χ1n) is 8.67. The van der Waals surface area contributed by atoms with E-state index in [1.807, 2.05) is 29.6 Å². The van der Waals surface area contributed by atoms with Crippen LogP contribution in [0, 0.1) is 0 Å². The molecule has 1 heterocycles. The van der Waals surface area contributed by atoms with Crippen LogP contribution in [0.3, 0.4) is 0 Å². The number of ether oxygens (including phenoxy) is 1. The number of nitrogens with two attached hydrogens (primary N) is 1. The van der Waals surface area contributed by atoms with Gasteiger partial charge in [0.25, 0.3) is 5.91 Å². The summed E-state index contributed by atoms with van der Waals surface area (Å²) in [6.45, 7) is 4.13. The maximum Gasteiger partial charge on any atom is 0.252 e. The van der Waals surface area contributed by atoms with Gasteiger partial charge in [-0.1, -0.05) is 18.2 Å². The number of carbonyl (C=O) groups is 1. The predicted octanol–water partition coefficient (Wildman–Crippen LogP) is 3.00. The van der Waals surface area contributed by atoms with E-state index in [1.54, 1.807) is 30.1 Å². The highest BCUT2D eigenvalue weighted by Crippen LogP contribution is 2.26. The zero-order valence-electron chi connectivity index (χ0n) is 15.8. The summed E-state index contributed by atoms with van der Waals surface area (Å²) in [5.41, 5.74) is 7.58. The highest BCUT2D eigenvalue weighted by atomic mass is 32.1. The van der Waals surface area contributed by atoms with Crippen molar-refractivity contribution in [1.29, 1.82) is 0 Å². The minimum absolute atomic E-state index is 0.0403. The fourth-order valence-corrected chi connectivity index (χ4v) is 3.49. The van der Waals surface area contributed by atoms with Crippen LogP contribution in [0.25, 0.3) is 11.3 Å². The molecule has 3 N–H and O–H groups in total. The number of phenols is 1. The summed E-state index contributed by atoms with van der Waals surface area (Å²) in [6.07, 6.45) is 3.37. The Bertz CT molecular complexity index is 1140. The molecule has 0 unspecified atom stereocenters. The molecule has 7 nitrogen and oxygen atoms in total. The number of aromatic nitrogens is 1. The normalized spacial score (nSPS) is 11.7. The van der Waals surface area contributed by atoms with Crippen LogP contribution < -0.4 is 15.3 Å². The van der Waals surface area contributed by atoms with E-state index >= 15 is 0 Å². The Balaban J connectivity index is 2.14. The van der Waals surface area contributed by atoms with E-state index in [-0.39, 0.29) is 11.3 Å². The molecular formula is C21H20N4O3S. The molecule has 3 rings (SSSR count). The van der Waals surface area contributed by atoms with Crippen LogP contribution in [0.5, 0.6) is 11.5 Å². The van der Waals surface area contributed by atoms with Gasteiger partial charge in [0, 0.05) is 16.5 Å². The Hall–Kier alpha value is -3.65. The smallest absolute Gasteiger partial charge is 0.252 e. The lowest BCUT2D eigenvalue weighted by molar-refractivity contribution is 0.0998. The third kappa shape index (κ3) is 4.44. The van der Waals surface area contributed by atoms with Gasteiger partial charge in [-0.3, -0.25) is 9.79 Å². The molecule has 0 fully saturated rings. The molecule has 0 aliphatic carbocycles. The Morgan fingerprint density at radius 1 is 1.34 bits per heavy atom. The zero-order valence-corrected chi connectivity index (χ0v) is 16.6. The van der Waals surface area contributed by atoms with Crippen LogP contribution in [0.4, 0.5) is 0 Å².